The van der Waals surface area contributed by atoms with Crippen LogP contribution in [0.3, 0.4) is 0 Å². The van der Waals surface area contributed by atoms with Gasteiger partial charge in [0.15, 0.2) is 0 Å². The molecular formula is C23H22FN5O2. The third kappa shape index (κ3) is 4.09. The second-order valence-electron chi connectivity index (χ2n) is 7.54. The number of nitrogens with zero attached hydrogens (tertiary/aromatic N) is 4. The van der Waals surface area contributed by atoms with E-state index in [1.54, 1.807) is 29.9 Å². The molecule has 8 heteroatoms. The number of benzene rings is 2. The first-order valence-electron chi connectivity index (χ1n) is 9.87. The van der Waals surface area contributed by atoms with Crippen LogP contribution in [-0.2, 0) is 17.9 Å². The summed E-state index contributed by atoms with van der Waals surface area (Å²) >= 11 is 0. The van der Waals surface area contributed by atoms with Crippen molar-refractivity contribution in [2.24, 2.45) is 0 Å². The summed E-state index contributed by atoms with van der Waals surface area (Å²) in [6.45, 7) is 5.80. The maximum atomic E-state index is 13.2. The Morgan fingerprint density at radius 2 is 1.81 bits per heavy atom. The van der Waals surface area contributed by atoms with Crippen LogP contribution in [0.4, 0.5) is 4.39 Å². The predicted molar refractivity (Wildman–Crippen MR) is 116 cm³/mol. The number of halogens is 1. The molecule has 2 aromatic heterocycles. The Morgan fingerprint density at radius 1 is 1.06 bits per heavy atom. The average Bonchev–Trinajstić information content (AvgIpc) is 3.19. The molecule has 0 aliphatic carbocycles. The van der Waals surface area contributed by atoms with Gasteiger partial charge < -0.3 is 5.32 Å². The fourth-order valence-corrected chi connectivity index (χ4v) is 3.38. The highest BCUT2D eigenvalue weighted by atomic mass is 19.1. The number of fused-ring (bicyclic) bond motifs is 1. The number of rotatable bonds is 5. The van der Waals surface area contributed by atoms with Crippen LogP contribution in [0.1, 0.15) is 22.4 Å². The van der Waals surface area contributed by atoms with Gasteiger partial charge in [-0.25, -0.2) is 13.8 Å². The van der Waals surface area contributed by atoms with Crippen LogP contribution in [-0.4, -0.2) is 25.5 Å². The summed E-state index contributed by atoms with van der Waals surface area (Å²) in [4.78, 5) is 25.6. The van der Waals surface area contributed by atoms with Gasteiger partial charge in [-0.15, -0.1) is 0 Å². The first-order chi connectivity index (χ1) is 14.8. The lowest BCUT2D eigenvalue weighted by Gasteiger charge is -2.10. The molecular weight excluding hydrogens is 397 g/mol. The fraction of sp³-hybridized carbons (Fsp3) is 0.217. The second kappa shape index (κ2) is 8.14. The van der Waals surface area contributed by atoms with Gasteiger partial charge in [0.25, 0.3) is 5.56 Å². The molecule has 0 bridgehead atoms. The number of nitrogens with one attached hydrogen (secondary N) is 1. The van der Waals surface area contributed by atoms with Crippen LogP contribution in [0, 0.1) is 26.6 Å². The molecule has 0 fully saturated rings. The van der Waals surface area contributed by atoms with Crippen molar-refractivity contribution in [1.29, 1.82) is 0 Å². The topological polar surface area (TPSA) is 81.8 Å². The zero-order valence-corrected chi connectivity index (χ0v) is 17.5. The largest absolute Gasteiger partial charge is 0.350 e. The summed E-state index contributed by atoms with van der Waals surface area (Å²) in [5.41, 5.74) is 4.36. The van der Waals surface area contributed by atoms with Crippen molar-refractivity contribution in [1.82, 2.24) is 24.9 Å². The predicted octanol–water partition coefficient (Wildman–Crippen LogP) is 2.96. The number of hydrogen-bond donors (Lipinski definition) is 1. The lowest BCUT2D eigenvalue weighted by Crippen LogP contribution is -2.34. The molecule has 2 heterocycles. The number of carbonyl (C=O) groups excluding carboxylic acids is 1. The lowest BCUT2D eigenvalue weighted by atomic mass is 10.1. The van der Waals surface area contributed by atoms with E-state index in [2.05, 4.69) is 15.5 Å². The van der Waals surface area contributed by atoms with Crippen molar-refractivity contribution in [2.75, 3.05) is 0 Å². The SMILES string of the molecule is Cc1ccc(-n2ncc3c(C)nn(CC(=O)NCc4ccc(F)cc4)c(=O)c32)cc1C. The van der Waals surface area contributed by atoms with E-state index in [-0.39, 0.29) is 24.8 Å². The zero-order chi connectivity index (χ0) is 22.1. The van der Waals surface area contributed by atoms with Crippen molar-refractivity contribution in [3.05, 3.63) is 87.2 Å². The normalized spacial score (nSPS) is 11.1. The van der Waals surface area contributed by atoms with Crippen LogP contribution in [0.2, 0.25) is 0 Å². The molecule has 0 saturated heterocycles. The molecule has 0 saturated carbocycles. The summed E-state index contributed by atoms with van der Waals surface area (Å²) in [7, 11) is 0. The van der Waals surface area contributed by atoms with Gasteiger partial charge in [0, 0.05) is 11.9 Å². The van der Waals surface area contributed by atoms with Gasteiger partial charge in [-0.05, 0) is 61.7 Å². The van der Waals surface area contributed by atoms with Crippen molar-refractivity contribution < 1.29 is 9.18 Å². The van der Waals surface area contributed by atoms with Gasteiger partial charge in [0.2, 0.25) is 5.91 Å². The molecule has 4 rings (SSSR count). The summed E-state index contributed by atoms with van der Waals surface area (Å²) in [6.07, 6.45) is 1.62. The van der Waals surface area contributed by atoms with Gasteiger partial charge in [-0.3, -0.25) is 9.59 Å². The second-order valence-corrected chi connectivity index (χ2v) is 7.54. The van der Waals surface area contributed by atoms with Gasteiger partial charge >= 0.3 is 0 Å². The number of aryl methyl sites for hydroxylation is 3. The lowest BCUT2D eigenvalue weighted by molar-refractivity contribution is -0.122. The van der Waals surface area contributed by atoms with Crippen LogP contribution in [0.5, 0.6) is 0 Å². The molecule has 0 spiro atoms. The molecule has 158 valence electrons. The Balaban J connectivity index is 1.63. The summed E-state index contributed by atoms with van der Waals surface area (Å²) in [5, 5.41) is 12.1. The third-order valence-electron chi connectivity index (χ3n) is 5.30. The average molecular weight is 419 g/mol. The molecule has 1 N–H and O–H groups in total. The highest BCUT2D eigenvalue weighted by Gasteiger charge is 2.17. The maximum absolute atomic E-state index is 13.2. The molecule has 0 atom stereocenters. The molecule has 4 aromatic rings. The summed E-state index contributed by atoms with van der Waals surface area (Å²) in [5.74, 6) is -0.704. The Hall–Kier alpha value is -3.81. The standard InChI is InChI=1S/C23H22FN5O2/c1-14-4-9-19(10-15(14)2)29-22-20(12-26-29)16(3)27-28(23(22)31)13-21(30)25-11-17-5-7-18(24)8-6-17/h4-10,12H,11,13H2,1-3H3,(H,25,30). The van der Waals surface area contributed by atoms with Gasteiger partial charge in [-0.1, -0.05) is 18.2 Å². The highest BCUT2D eigenvalue weighted by molar-refractivity contribution is 5.82. The first-order valence-corrected chi connectivity index (χ1v) is 9.87. The van der Waals surface area contributed by atoms with Gasteiger partial charge in [0.05, 0.1) is 17.6 Å². The zero-order valence-electron chi connectivity index (χ0n) is 17.5. The van der Waals surface area contributed by atoms with Gasteiger partial charge in [-0.2, -0.15) is 10.2 Å². The number of aromatic nitrogens is 4. The van der Waals surface area contributed by atoms with E-state index in [0.717, 1.165) is 27.1 Å². The van der Waals surface area contributed by atoms with E-state index < -0.39 is 5.56 Å². The fourth-order valence-electron chi connectivity index (χ4n) is 3.38. The van der Waals surface area contributed by atoms with Crippen LogP contribution in [0.15, 0.2) is 53.5 Å². The quantitative estimate of drug-likeness (QED) is 0.539. The Kier molecular flexibility index (Phi) is 5.37. The molecule has 0 aliphatic heterocycles. The minimum Gasteiger partial charge on any atom is -0.350 e. The monoisotopic (exact) mass is 419 g/mol. The third-order valence-corrected chi connectivity index (χ3v) is 5.30. The van der Waals surface area contributed by atoms with Crippen LogP contribution >= 0.6 is 0 Å². The highest BCUT2D eigenvalue weighted by Crippen LogP contribution is 2.19. The molecule has 0 aliphatic rings. The Bertz CT molecular complexity index is 1340. The number of hydrogen-bond acceptors (Lipinski definition) is 4. The van der Waals surface area contributed by atoms with Crippen molar-refractivity contribution in [2.45, 2.75) is 33.9 Å². The number of carbonyl (C=O) groups is 1. The van der Waals surface area contributed by atoms with Crippen molar-refractivity contribution in [3.8, 4) is 5.69 Å². The Labute approximate surface area is 178 Å². The van der Waals surface area contributed by atoms with Crippen molar-refractivity contribution in [3.63, 3.8) is 0 Å². The molecule has 0 unspecified atom stereocenters. The summed E-state index contributed by atoms with van der Waals surface area (Å²) < 4.78 is 15.8. The maximum Gasteiger partial charge on any atom is 0.293 e. The number of amides is 1. The van der Waals surface area contributed by atoms with Crippen LogP contribution < -0.4 is 10.9 Å². The van der Waals surface area contributed by atoms with E-state index in [9.17, 15) is 14.0 Å². The molecule has 2 aromatic carbocycles. The van der Waals surface area contributed by atoms with E-state index in [4.69, 9.17) is 0 Å². The van der Waals surface area contributed by atoms with E-state index in [0.29, 0.717) is 16.6 Å². The minimum atomic E-state index is -0.395. The van der Waals surface area contributed by atoms with E-state index in [1.807, 2.05) is 32.0 Å². The van der Waals surface area contributed by atoms with Crippen LogP contribution in [0.25, 0.3) is 16.6 Å². The van der Waals surface area contributed by atoms with E-state index >= 15 is 0 Å². The first kappa shape index (κ1) is 20.5. The molecule has 1 amide bonds. The summed E-state index contributed by atoms with van der Waals surface area (Å²) in [6, 6.07) is 11.7. The smallest absolute Gasteiger partial charge is 0.293 e. The Morgan fingerprint density at radius 3 is 2.52 bits per heavy atom. The van der Waals surface area contributed by atoms with Gasteiger partial charge in [0.1, 0.15) is 17.9 Å². The minimum absolute atomic E-state index is 0.227. The van der Waals surface area contributed by atoms with Crippen molar-refractivity contribution >= 4 is 16.8 Å². The molecule has 7 nitrogen and oxygen atoms in total. The molecule has 0 radical (unpaired) electrons. The molecule has 31 heavy (non-hydrogen) atoms. The van der Waals surface area contributed by atoms with E-state index in [1.165, 1.54) is 12.1 Å².